The Labute approximate surface area is 214 Å². The second-order valence-corrected chi connectivity index (χ2v) is 10.5. The molecule has 1 saturated carbocycles. The van der Waals surface area contributed by atoms with Crippen molar-refractivity contribution >= 4 is 17.4 Å². The van der Waals surface area contributed by atoms with E-state index >= 15 is 0 Å². The molecule has 1 aliphatic heterocycles. The molecule has 3 atom stereocenters. The van der Waals surface area contributed by atoms with Gasteiger partial charge in [0.05, 0.1) is 12.0 Å². The molecule has 0 spiro atoms. The van der Waals surface area contributed by atoms with Gasteiger partial charge < -0.3 is 19.5 Å². The van der Waals surface area contributed by atoms with Gasteiger partial charge in [0.25, 0.3) is 0 Å². The van der Waals surface area contributed by atoms with Gasteiger partial charge in [0.2, 0.25) is 17.4 Å². The summed E-state index contributed by atoms with van der Waals surface area (Å²) in [6.07, 6.45) is 2.92. The largest absolute Gasteiger partial charge is 0.493 e. The summed E-state index contributed by atoms with van der Waals surface area (Å²) in [4.78, 5) is 25.8. The number of fused-ring (bicyclic) bond motifs is 1. The van der Waals surface area contributed by atoms with Crippen LogP contribution in [0.1, 0.15) is 75.5 Å². The fraction of sp³-hybridized carbons (Fsp3) is 0.467. The number of ketones is 1. The summed E-state index contributed by atoms with van der Waals surface area (Å²) in [7, 11) is 0. The first kappa shape index (κ1) is 26.0. The molecule has 0 bridgehead atoms. The normalized spacial score (nSPS) is 21.6. The Morgan fingerprint density at radius 1 is 1.03 bits per heavy atom. The van der Waals surface area contributed by atoms with Crippen molar-refractivity contribution in [1.29, 1.82) is 0 Å². The molecule has 1 fully saturated rings. The number of hydrogen-bond donors (Lipinski definition) is 1. The molecule has 2 aromatic rings. The molecule has 1 aliphatic carbocycles. The lowest BCUT2D eigenvalue weighted by atomic mass is 9.80. The molecule has 1 amide bonds. The predicted octanol–water partition coefficient (Wildman–Crippen LogP) is 6.25. The molecule has 3 unspecified atom stereocenters. The molecule has 0 saturated heterocycles. The summed E-state index contributed by atoms with van der Waals surface area (Å²) in [5.41, 5.74) is 4.27. The van der Waals surface area contributed by atoms with Gasteiger partial charge in [0.1, 0.15) is 24.7 Å². The van der Waals surface area contributed by atoms with E-state index in [0.717, 1.165) is 22.4 Å². The summed E-state index contributed by atoms with van der Waals surface area (Å²) in [5, 5.41) is 3.10. The van der Waals surface area contributed by atoms with Crippen molar-refractivity contribution in [3.05, 3.63) is 71.2 Å². The summed E-state index contributed by atoms with van der Waals surface area (Å²) in [6, 6.07) is 13.7. The Morgan fingerprint density at radius 3 is 2.33 bits per heavy atom. The first-order chi connectivity index (χ1) is 17.2. The van der Waals surface area contributed by atoms with Crippen LogP contribution in [0.2, 0.25) is 0 Å². The van der Waals surface area contributed by atoms with Crippen molar-refractivity contribution < 1.29 is 23.8 Å². The van der Waals surface area contributed by atoms with Crippen LogP contribution in [0, 0.1) is 12.8 Å². The maximum atomic E-state index is 13.0. The van der Waals surface area contributed by atoms with E-state index in [9.17, 15) is 9.59 Å². The van der Waals surface area contributed by atoms with Gasteiger partial charge in [-0.25, -0.2) is 0 Å². The molecule has 0 aromatic heterocycles. The quantitative estimate of drug-likeness (QED) is 0.472. The molecule has 6 heteroatoms. The Kier molecular flexibility index (Phi) is 8.14. The molecule has 1 heterocycles. The first-order valence-electron chi connectivity index (χ1n) is 12.9. The number of Topliss-reactive ketones (excluding diaryl/α,β-unsaturated/α-hetero) is 1. The van der Waals surface area contributed by atoms with Crippen LogP contribution in [-0.2, 0) is 19.1 Å². The number of aryl methyl sites for hydroxylation is 1. The van der Waals surface area contributed by atoms with Crippen LogP contribution in [0.25, 0.3) is 0 Å². The van der Waals surface area contributed by atoms with Crippen molar-refractivity contribution in [1.82, 2.24) is 0 Å². The zero-order valence-corrected chi connectivity index (χ0v) is 21.9. The summed E-state index contributed by atoms with van der Waals surface area (Å²) in [5.74, 6) is 0.994. The number of anilines is 1. The Hall–Kier alpha value is -3.12. The van der Waals surface area contributed by atoms with Crippen molar-refractivity contribution in [3.8, 4) is 5.75 Å². The van der Waals surface area contributed by atoms with Crippen LogP contribution in [0.4, 0.5) is 5.69 Å². The number of carbonyl (C=O) groups is 2. The number of ether oxygens (including phenoxy) is 3. The number of benzene rings is 2. The fourth-order valence-electron chi connectivity index (χ4n) is 4.96. The third-order valence-corrected chi connectivity index (χ3v) is 7.01. The third kappa shape index (κ3) is 5.98. The highest BCUT2D eigenvalue weighted by Crippen LogP contribution is 2.36. The number of allylic oxidation sites excluding steroid dienone is 1. The number of carbonyl (C=O) groups excluding carboxylic acids is 2. The maximum Gasteiger partial charge on any atom is 0.250 e. The number of hydrogen-bond acceptors (Lipinski definition) is 5. The molecular formula is C30H37NO5. The minimum Gasteiger partial charge on any atom is -0.493 e. The van der Waals surface area contributed by atoms with Crippen LogP contribution in [-0.4, -0.2) is 30.5 Å². The van der Waals surface area contributed by atoms with Gasteiger partial charge >= 0.3 is 0 Å². The van der Waals surface area contributed by atoms with E-state index < -0.39 is 0 Å². The van der Waals surface area contributed by atoms with E-state index in [4.69, 9.17) is 14.2 Å². The molecule has 36 heavy (non-hydrogen) atoms. The first-order valence-corrected chi connectivity index (χ1v) is 12.9. The van der Waals surface area contributed by atoms with Gasteiger partial charge in [-0.2, -0.15) is 0 Å². The molecule has 0 radical (unpaired) electrons. The smallest absolute Gasteiger partial charge is 0.250 e. The fourth-order valence-corrected chi connectivity index (χ4v) is 4.96. The van der Waals surface area contributed by atoms with Crippen molar-refractivity contribution in [2.45, 2.75) is 77.9 Å². The maximum absolute atomic E-state index is 13.0. The second kappa shape index (κ2) is 11.3. The van der Waals surface area contributed by atoms with Gasteiger partial charge in [0, 0.05) is 12.1 Å². The predicted molar refractivity (Wildman–Crippen MR) is 140 cm³/mol. The lowest BCUT2D eigenvalue weighted by Crippen LogP contribution is -2.43. The van der Waals surface area contributed by atoms with Gasteiger partial charge in [0.15, 0.2) is 0 Å². The molecule has 4 rings (SSSR count). The standard InChI is InChI=1S/C30H37NO5/c1-18(2)23-7-6-8-24(19(3)4)29(23)31-28(32)17-34-22-13-14-25-26(15-22)35-16-27(30(25)33)36-21-11-9-20(5)10-12-21/h6-12,16,18-19,22,25-26H,13-15,17H2,1-5H3,(H,31,32). The van der Waals surface area contributed by atoms with Crippen LogP contribution in [0.3, 0.4) is 0 Å². The second-order valence-electron chi connectivity index (χ2n) is 10.5. The monoisotopic (exact) mass is 491 g/mol. The summed E-state index contributed by atoms with van der Waals surface area (Å²) < 4.78 is 17.7. The lowest BCUT2D eigenvalue weighted by molar-refractivity contribution is -0.136. The van der Waals surface area contributed by atoms with Crippen LogP contribution < -0.4 is 10.1 Å². The van der Waals surface area contributed by atoms with Gasteiger partial charge in [-0.05, 0) is 54.9 Å². The van der Waals surface area contributed by atoms with E-state index in [1.54, 1.807) is 0 Å². The Balaban J connectivity index is 1.33. The zero-order valence-electron chi connectivity index (χ0n) is 21.9. The molecule has 192 valence electrons. The van der Waals surface area contributed by atoms with Gasteiger partial charge in [-0.3, -0.25) is 9.59 Å². The Morgan fingerprint density at radius 2 is 1.69 bits per heavy atom. The number of rotatable bonds is 8. The molecule has 2 aliphatic rings. The summed E-state index contributed by atoms with van der Waals surface area (Å²) in [6.45, 7) is 10.5. The van der Waals surface area contributed by atoms with E-state index in [1.165, 1.54) is 6.26 Å². The van der Waals surface area contributed by atoms with Crippen molar-refractivity contribution in [2.24, 2.45) is 5.92 Å². The number of nitrogens with one attached hydrogen (secondary N) is 1. The lowest BCUT2D eigenvalue weighted by Gasteiger charge is -2.37. The summed E-state index contributed by atoms with van der Waals surface area (Å²) >= 11 is 0. The topological polar surface area (TPSA) is 73.9 Å². The minimum absolute atomic E-state index is 0.0302. The van der Waals surface area contributed by atoms with Crippen molar-refractivity contribution in [3.63, 3.8) is 0 Å². The van der Waals surface area contributed by atoms with Crippen LogP contribution in [0.15, 0.2) is 54.5 Å². The minimum atomic E-state index is -0.265. The van der Waals surface area contributed by atoms with Gasteiger partial charge in [-0.1, -0.05) is 63.6 Å². The van der Waals surface area contributed by atoms with E-state index in [2.05, 4.69) is 45.1 Å². The van der Waals surface area contributed by atoms with E-state index in [-0.39, 0.29) is 42.2 Å². The zero-order chi connectivity index (χ0) is 25.8. The average molecular weight is 492 g/mol. The third-order valence-electron chi connectivity index (χ3n) is 7.01. The molecule has 1 N–H and O–H groups in total. The molecule has 6 nitrogen and oxygen atoms in total. The molecule has 2 aromatic carbocycles. The van der Waals surface area contributed by atoms with Crippen LogP contribution >= 0.6 is 0 Å². The highest BCUT2D eigenvalue weighted by atomic mass is 16.5. The highest BCUT2D eigenvalue weighted by Gasteiger charge is 2.41. The van der Waals surface area contributed by atoms with E-state index in [0.29, 0.717) is 36.8 Å². The SMILES string of the molecule is Cc1ccc(OC2=COC3CC(OCC(=O)Nc4c(C(C)C)cccc4C(C)C)CCC3C2=O)cc1. The molecular weight excluding hydrogens is 454 g/mol. The van der Waals surface area contributed by atoms with Crippen molar-refractivity contribution in [2.75, 3.05) is 11.9 Å². The average Bonchev–Trinajstić information content (AvgIpc) is 2.85. The van der Waals surface area contributed by atoms with Gasteiger partial charge in [-0.15, -0.1) is 0 Å². The highest BCUT2D eigenvalue weighted by molar-refractivity contribution is 5.96. The van der Waals surface area contributed by atoms with Crippen LogP contribution in [0.5, 0.6) is 5.75 Å². The van der Waals surface area contributed by atoms with E-state index in [1.807, 2.05) is 37.3 Å². The number of amides is 1. The Bertz CT molecular complexity index is 1090. The number of para-hydroxylation sites is 1.